The molecule has 1 aliphatic carbocycles. The van der Waals surface area contributed by atoms with Gasteiger partial charge in [-0.3, -0.25) is 9.59 Å². The van der Waals surface area contributed by atoms with E-state index in [9.17, 15) is 14.0 Å². The number of fused-ring (bicyclic) bond motifs is 2. The lowest BCUT2D eigenvalue weighted by molar-refractivity contribution is -0.142. The van der Waals surface area contributed by atoms with Gasteiger partial charge in [-0.05, 0) is 67.1 Å². The van der Waals surface area contributed by atoms with Gasteiger partial charge >= 0.3 is 0 Å². The largest absolute Gasteiger partial charge is 0.454 e. The second kappa shape index (κ2) is 11.2. The smallest absolute Gasteiger partial charge is 0.247 e. The Morgan fingerprint density at radius 3 is 2.70 bits per heavy atom. The first-order chi connectivity index (χ1) is 19.5. The number of benzene rings is 3. The summed E-state index contributed by atoms with van der Waals surface area (Å²) in [4.78, 5) is 29.7. The second-order valence-electron chi connectivity index (χ2n) is 9.93. The zero-order valence-electron chi connectivity index (χ0n) is 21.7. The molecule has 1 N–H and O–H groups in total. The molecule has 0 radical (unpaired) electrons. The summed E-state index contributed by atoms with van der Waals surface area (Å²) >= 11 is 0. The van der Waals surface area contributed by atoms with Crippen LogP contribution >= 0.6 is 0 Å². The number of hydrogen-bond donors (Lipinski definition) is 1. The number of ether oxygens (including phenoxy) is 2. The van der Waals surface area contributed by atoms with Crippen molar-refractivity contribution in [3.8, 4) is 11.5 Å². The Kier molecular flexibility index (Phi) is 7.13. The van der Waals surface area contributed by atoms with Gasteiger partial charge in [0.2, 0.25) is 18.6 Å². The minimum Gasteiger partial charge on any atom is -0.454 e. The number of carbonyl (C=O) groups is 2. The van der Waals surface area contributed by atoms with Crippen molar-refractivity contribution in [2.75, 3.05) is 12.1 Å². The van der Waals surface area contributed by atoms with Gasteiger partial charge < -0.3 is 19.7 Å². The fourth-order valence-corrected chi connectivity index (χ4v) is 5.29. The molecule has 3 aromatic carbocycles. The Morgan fingerprint density at radius 2 is 1.88 bits per heavy atom. The van der Waals surface area contributed by atoms with Crippen molar-refractivity contribution in [2.45, 2.75) is 38.4 Å². The maximum Gasteiger partial charge on any atom is 0.247 e. The highest BCUT2D eigenvalue weighted by atomic mass is 19.1. The second-order valence-corrected chi connectivity index (χ2v) is 9.93. The Morgan fingerprint density at radius 1 is 1.05 bits per heavy atom. The van der Waals surface area contributed by atoms with Crippen molar-refractivity contribution in [1.29, 1.82) is 0 Å². The number of hydrogen-bond acceptors (Lipinski definition) is 6. The minimum absolute atomic E-state index is 0.0991. The van der Waals surface area contributed by atoms with Crippen molar-refractivity contribution in [1.82, 2.24) is 19.9 Å². The average Bonchev–Trinajstić information content (AvgIpc) is 3.61. The molecule has 2 aliphatic rings. The monoisotopic (exact) mass is 541 g/mol. The van der Waals surface area contributed by atoms with Gasteiger partial charge in [0.05, 0.1) is 5.52 Å². The van der Waals surface area contributed by atoms with E-state index in [0.29, 0.717) is 34.7 Å². The van der Waals surface area contributed by atoms with Gasteiger partial charge in [-0.1, -0.05) is 41.6 Å². The first kappa shape index (κ1) is 25.5. The van der Waals surface area contributed by atoms with Crippen LogP contribution in [0.2, 0.25) is 0 Å². The first-order valence-corrected chi connectivity index (χ1v) is 13.2. The van der Waals surface area contributed by atoms with Gasteiger partial charge in [0.25, 0.3) is 0 Å². The molecular formula is C30H28FN5O4. The SMILES string of the molecule is O=C(Nc1ccc2c(c1)OCO2)[C@H]([C@@H]1CC=CCC1)N(Cc1ccc(F)cc1)C(=O)Cn1nnc2ccccc21. The molecule has 2 amide bonds. The number of rotatable bonds is 8. The molecule has 10 heteroatoms. The fraction of sp³-hybridized carbons (Fsp3) is 0.267. The molecule has 4 aromatic rings. The molecule has 6 rings (SSSR count). The number of halogens is 1. The third-order valence-electron chi connectivity index (χ3n) is 7.29. The molecule has 204 valence electrons. The number of nitrogens with one attached hydrogen (secondary N) is 1. The molecular weight excluding hydrogens is 513 g/mol. The van der Waals surface area contributed by atoms with Crippen molar-refractivity contribution < 1.29 is 23.5 Å². The Bertz CT molecular complexity index is 1570. The molecule has 0 bridgehead atoms. The Balaban J connectivity index is 1.34. The molecule has 0 saturated carbocycles. The predicted molar refractivity (Wildman–Crippen MR) is 146 cm³/mol. The fourth-order valence-electron chi connectivity index (χ4n) is 5.29. The summed E-state index contributed by atoms with van der Waals surface area (Å²) < 4.78 is 26.1. The summed E-state index contributed by atoms with van der Waals surface area (Å²) in [5, 5.41) is 11.4. The van der Waals surface area contributed by atoms with E-state index in [-0.39, 0.29) is 43.4 Å². The topological polar surface area (TPSA) is 98.6 Å². The summed E-state index contributed by atoms with van der Waals surface area (Å²) in [5.41, 5.74) is 2.65. The standard InChI is InChI=1S/C30H28FN5O4/c31-22-12-10-20(11-13-22)17-35(28(37)18-36-25-9-5-4-8-24(25)33-34-36)29(21-6-2-1-3-7-21)30(38)32-23-14-15-26-27(16-23)40-19-39-26/h1-2,4-5,8-16,21,29H,3,6-7,17-19H2,(H,32,38)/t21-,29+/m1/s1. The average molecular weight is 542 g/mol. The molecule has 0 fully saturated rings. The molecule has 0 saturated heterocycles. The summed E-state index contributed by atoms with van der Waals surface area (Å²) in [5.74, 6) is 0.0759. The highest BCUT2D eigenvalue weighted by molar-refractivity contribution is 5.98. The summed E-state index contributed by atoms with van der Waals surface area (Å²) in [6.45, 7) is 0.157. The van der Waals surface area contributed by atoms with Crippen LogP contribution in [0.25, 0.3) is 11.0 Å². The highest BCUT2D eigenvalue weighted by Gasteiger charge is 2.37. The van der Waals surface area contributed by atoms with Gasteiger partial charge in [0.15, 0.2) is 11.5 Å². The quantitative estimate of drug-likeness (QED) is 0.325. The number of anilines is 1. The molecule has 0 spiro atoms. The van der Waals surface area contributed by atoms with E-state index in [1.807, 2.05) is 24.3 Å². The molecule has 9 nitrogen and oxygen atoms in total. The molecule has 40 heavy (non-hydrogen) atoms. The van der Waals surface area contributed by atoms with Crippen molar-refractivity contribution in [3.05, 3.63) is 90.3 Å². The molecule has 0 unspecified atom stereocenters. The molecule has 1 aliphatic heterocycles. The van der Waals surface area contributed by atoms with Gasteiger partial charge in [0.1, 0.15) is 23.9 Å². The van der Waals surface area contributed by atoms with Crippen LogP contribution < -0.4 is 14.8 Å². The van der Waals surface area contributed by atoms with E-state index in [1.54, 1.807) is 39.9 Å². The first-order valence-electron chi connectivity index (χ1n) is 13.2. The lowest BCUT2D eigenvalue weighted by Crippen LogP contribution is -2.52. The number of carbonyl (C=O) groups excluding carboxylic acids is 2. The summed E-state index contributed by atoms with van der Waals surface area (Å²) in [6, 6.07) is 17.8. The predicted octanol–water partition coefficient (Wildman–Crippen LogP) is 4.69. The number of nitrogens with zero attached hydrogens (tertiary/aromatic N) is 4. The van der Waals surface area contributed by atoms with Crippen LogP contribution in [-0.2, 0) is 22.7 Å². The van der Waals surface area contributed by atoms with Crippen molar-refractivity contribution in [2.24, 2.45) is 5.92 Å². The van der Waals surface area contributed by atoms with Crippen molar-refractivity contribution in [3.63, 3.8) is 0 Å². The highest BCUT2D eigenvalue weighted by Crippen LogP contribution is 2.35. The van der Waals surface area contributed by atoms with E-state index in [1.165, 1.54) is 12.1 Å². The van der Waals surface area contributed by atoms with Crippen LogP contribution in [0, 0.1) is 11.7 Å². The lowest BCUT2D eigenvalue weighted by Gasteiger charge is -2.37. The third kappa shape index (κ3) is 5.38. The normalized spacial score (nSPS) is 16.6. The summed E-state index contributed by atoms with van der Waals surface area (Å²) in [6.07, 6.45) is 6.36. The Labute approximate surface area is 230 Å². The van der Waals surface area contributed by atoms with E-state index >= 15 is 0 Å². The molecule has 1 aromatic heterocycles. The maximum absolute atomic E-state index is 14.0. The molecule has 2 atom stereocenters. The van der Waals surface area contributed by atoms with Gasteiger partial charge in [0, 0.05) is 18.3 Å². The van der Waals surface area contributed by atoms with Crippen LogP contribution in [0.4, 0.5) is 10.1 Å². The molecule has 2 heterocycles. The lowest BCUT2D eigenvalue weighted by atomic mass is 9.85. The number of amides is 2. The van der Waals surface area contributed by atoms with Crippen LogP contribution in [0.5, 0.6) is 11.5 Å². The van der Waals surface area contributed by atoms with Crippen LogP contribution in [-0.4, -0.2) is 44.5 Å². The summed E-state index contributed by atoms with van der Waals surface area (Å²) in [7, 11) is 0. The minimum atomic E-state index is -0.789. The van der Waals surface area contributed by atoms with Crippen molar-refractivity contribution >= 4 is 28.5 Å². The third-order valence-corrected chi connectivity index (χ3v) is 7.29. The van der Waals surface area contributed by atoms with Gasteiger partial charge in [-0.2, -0.15) is 0 Å². The van der Waals surface area contributed by atoms with Crippen LogP contribution in [0.1, 0.15) is 24.8 Å². The van der Waals surface area contributed by atoms with E-state index in [0.717, 1.165) is 18.4 Å². The van der Waals surface area contributed by atoms with E-state index in [4.69, 9.17) is 9.47 Å². The Hall–Kier alpha value is -4.73. The maximum atomic E-state index is 14.0. The number of aromatic nitrogens is 3. The number of allylic oxidation sites excluding steroid dienone is 2. The van der Waals surface area contributed by atoms with E-state index in [2.05, 4.69) is 27.8 Å². The van der Waals surface area contributed by atoms with Gasteiger partial charge in [-0.25, -0.2) is 9.07 Å². The zero-order chi connectivity index (χ0) is 27.5. The van der Waals surface area contributed by atoms with E-state index < -0.39 is 6.04 Å². The van der Waals surface area contributed by atoms with Crippen LogP contribution in [0.3, 0.4) is 0 Å². The zero-order valence-corrected chi connectivity index (χ0v) is 21.7. The van der Waals surface area contributed by atoms with Crippen LogP contribution in [0.15, 0.2) is 78.9 Å². The number of para-hydroxylation sites is 1. The van der Waals surface area contributed by atoms with Gasteiger partial charge in [-0.15, -0.1) is 5.10 Å².